The van der Waals surface area contributed by atoms with Gasteiger partial charge < -0.3 is 4.90 Å². The lowest BCUT2D eigenvalue weighted by Crippen LogP contribution is -2.49. The number of sulfonamides is 1. The van der Waals surface area contributed by atoms with Crippen LogP contribution in [0.15, 0.2) is 102 Å². The first kappa shape index (κ1) is 23.5. The van der Waals surface area contributed by atoms with E-state index in [1.165, 1.54) is 11.1 Å². The molecule has 35 heavy (non-hydrogen) atoms. The predicted octanol–water partition coefficient (Wildman–Crippen LogP) is 5.00. The zero-order valence-electron chi connectivity index (χ0n) is 20.2. The van der Waals surface area contributed by atoms with Crippen molar-refractivity contribution in [1.29, 1.82) is 0 Å². The summed E-state index contributed by atoms with van der Waals surface area (Å²) >= 11 is 0. The molecule has 6 heteroatoms. The van der Waals surface area contributed by atoms with Crippen molar-refractivity contribution in [2.24, 2.45) is 0 Å². The Kier molecular flexibility index (Phi) is 6.60. The fourth-order valence-electron chi connectivity index (χ4n) is 5.11. The number of hydrogen-bond acceptors (Lipinski definition) is 4. The molecule has 1 fully saturated rings. The molecule has 0 radical (unpaired) electrons. The van der Waals surface area contributed by atoms with Crippen molar-refractivity contribution in [3.63, 3.8) is 0 Å². The van der Waals surface area contributed by atoms with Crippen LogP contribution in [-0.4, -0.2) is 57.9 Å². The van der Waals surface area contributed by atoms with E-state index in [1.807, 2.05) is 61.5 Å². The summed E-state index contributed by atoms with van der Waals surface area (Å²) in [5, 5.41) is 1.72. The van der Waals surface area contributed by atoms with Gasteiger partial charge in [0.15, 0.2) is 0 Å². The lowest BCUT2D eigenvalue weighted by atomic mass is 9.96. The Morgan fingerprint density at radius 1 is 0.657 bits per heavy atom. The minimum atomic E-state index is -3.62. The summed E-state index contributed by atoms with van der Waals surface area (Å²) in [5.41, 5.74) is 3.46. The molecule has 5 nitrogen and oxygen atoms in total. The van der Waals surface area contributed by atoms with Crippen LogP contribution in [0.3, 0.4) is 0 Å². The third-order valence-electron chi connectivity index (χ3n) is 6.83. The quantitative estimate of drug-likeness (QED) is 0.385. The van der Waals surface area contributed by atoms with Crippen molar-refractivity contribution in [3.8, 4) is 0 Å². The molecule has 1 aliphatic heterocycles. The summed E-state index contributed by atoms with van der Waals surface area (Å²) in [4.78, 5) is 4.80. The Balaban J connectivity index is 1.43. The van der Waals surface area contributed by atoms with E-state index in [1.54, 1.807) is 10.4 Å². The van der Waals surface area contributed by atoms with Crippen LogP contribution in [0.1, 0.15) is 17.2 Å². The van der Waals surface area contributed by atoms with E-state index < -0.39 is 10.0 Å². The fourth-order valence-corrected chi connectivity index (χ4v) is 6.73. The van der Waals surface area contributed by atoms with Crippen molar-refractivity contribution in [2.45, 2.75) is 10.9 Å². The highest BCUT2D eigenvalue weighted by molar-refractivity contribution is 7.89. The molecule has 0 N–H and O–H groups in total. The minimum absolute atomic E-state index is 0.0995. The van der Waals surface area contributed by atoms with E-state index in [0.29, 0.717) is 31.1 Å². The second kappa shape index (κ2) is 9.82. The third kappa shape index (κ3) is 4.57. The summed E-state index contributed by atoms with van der Waals surface area (Å²) < 4.78 is 29.2. The smallest absolute Gasteiger partial charge is 0.243 e. The normalized spacial score (nSPS) is 15.5. The van der Waals surface area contributed by atoms with E-state index >= 15 is 0 Å². The highest BCUT2D eigenvalue weighted by Gasteiger charge is 2.33. The Morgan fingerprint density at radius 3 is 1.77 bits per heavy atom. The number of piperazine rings is 1. The van der Waals surface area contributed by atoms with Gasteiger partial charge in [0, 0.05) is 56.7 Å². The van der Waals surface area contributed by atoms with Gasteiger partial charge in [-0.25, -0.2) is 8.42 Å². The van der Waals surface area contributed by atoms with E-state index in [9.17, 15) is 8.42 Å². The maximum Gasteiger partial charge on any atom is 0.243 e. The highest BCUT2D eigenvalue weighted by Crippen LogP contribution is 2.34. The SMILES string of the molecule is CN(C)c1cccc2c(S(=O)(=O)N3CCN(C(c4ccccc4)c4ccccc4)CC3)cccc12. The first-order valence-electron chi connectivity index (χ1n) is 12.0. The number of hydrogen-bond donors (Lipinski definition) is 0. The van der Waals surface area contributed by atoms with Gasteiger partial charge in [-0.05, 0) is 23.3 Å². The number of benzene rings is 4. The van der Waals surface area contributed by atoms with Crippen LogP contribution in [0.2, 0.25) is 0 Å². The highest BCUT2D eigenvalue weighted by atomic mass is 32.2. The van der Waals surface area contributed by atoms with Crippen LogP contribution in [0.4, 0.5) is 5.69 Å². The number of nitrogens with zero attached hydrogens (tertiary/aromatic N) is 3. The molecule has 1 aliphatic rings. The average Bonchev–Trinajstić information content (AvgIpc) is 2.89. The fraction of sp³-hybridized carbons (Fsp3) is 0.241. The summed E-state index contributed by atoms with van der Waals surface area (Å²) in [5.74, 6) is 0. The second-order valence-corrected chi connectivity index (χ2v) is 11.1. The monoisotopic (exact) mass is 485 g/mol. The van der Waals surface area contributed by atoms with Gasteiger partial charge in [0.2, 0.25) is 10.0 Å². The zero-order chi connectivity index (χ0) is 24.4. The molecule has 5 rings (SSSR count). The maximum atomic E-state index is 13.8. The van der Waals surface area contributed by atoms with Gasteiger partial charge in [0.05, 0.1) is 10.9 Å². The molecular weight excluding hydrogens is 454 g/mol. The lowest BCUT2D eigenvalue weighted by molar-refractivity contribution is 0.156. The van der Waals surface area contributed by atoms with E-state index in [-0.39, 0.29) is 6.04 Å². The van der Waals surface area contributed by atoms with Gasteiger partial charge in [-0.3, -0.25) is 4.90 Å². The molecule has 4 aromatic rings. The van der Waals surface area contributed by atoms with Crippen molar-refractivity contribution >= 4 is 26.5 Å². The first-order valence-corrected chi connectivity index (χ1v) is 13.4. The molecular formula is C29H31N3O2S. The molecule has 0 spiro atoms. The summed E-state index contributed by atoms with van der Waals surface area (Å²) in [7, 11) is 0.333. The van der Waals surface area contributed by atoms with Crippen LogP contribution in [0.25, 0.3) is 10.8 Å². The van der Waals surface area contributed by atoms with Crippen LogP contribution in [0, 0.1) is 0 Å². The van der Waals surface area contributed by atoms with Crippen LogP contribution >= 0.6 is 0 Å². The van der Waals surface area contributed by atoms with Crippen molar-refractivity contribution in [3.05, 3.63) is 108 Å². The van der Waals surface area contributed by atoms with Crippen LogP contribution in [-0.2, 0) is 10.0 Å². The summed E-state index contributed by atoms with van der Waals surface area (Å²) in [6.45, 7) is 2.26. The van der Waals surface area contributed by atoms with Crippen molar-refractivity contribution in [2.75, 3.05) is 45.2 Å². The van der Waals surface area contributed by atoms with E-state index in [0.717, 1.165) is 16.5 Å². The van der Waals surface area contributed by atoms with E-state index in [2.05, 4.69) is 53.4 Å². The molecule has 0 saturated carbocycles. The maximum absolute atomic E-state index is 13.8. The van der Waals surface area contributed by atoms with Crippen LogP contribution < -0.4 is 4.90 Å². The molecule has 180 valence electrons. The number of anilines is 1. The standard InChI is InChI=1S/C29H31N3O2S/c1-30(2)27-17-9-16-26-25(27)15-10-18-28(26)35(33,34)32-21-19-31(20-22-32)29(23-11-5-3-6-12-23)24-13-7-4-8-14-24/h3-18,29H,19-22H2,1-2H3. The van der Waals surface area contributed by atoms with Gasteiger partial charge >= 0.3 is 0 Å². The molecule has 0 amide bonds. The molecule has 1 heterocycles. The lowest BCUT2D eigenvalue weighted by Gasteiger charge is -2.39. The Hall–Kier alpha value is -3.19. The molecule has 4 aromatic carbocycles. The second-order valence-electron chi connectivity index (χ2n) is 9.19. The topological polar surface area (TPSA) is 43.9 Å². The number of fused-ring (bicyclic) bond motifs is 1. The molecule has 1 saturated heterocycles. The van der Waals surface area contributed by atoms with Crippen molar-refractivity contribution in [1.82, 2.24) is 9.21 Å². The van der Waals surface area contributed by atoms with Crippen LogP contribution in [0.5, 0.6) is 0 Å². The molecule has 0 aliphatic carbocycles. The number of rotatable bonds is 6. The Morgan fingerprint density at radius 2 is 1.20 bits per heavy atom. The Bertz CT molecular complexity index is 1360. The molecule has 0 aromatic heterocycles. The molecule has 0 unspecified atom stereocenters. The minimum Gasteiger partial charge on any atom is -0.377 e. The van der Waals surface area contributed by atoms with Gasteiger partial charge in [-0.15, -0.1) is 0 Å². The first-order chi connectivity index (χ1) is 17.0. The van der Waals surface area contributed by atoms with Gasteiger partial charge in [0.25, 0.3) is 0 Å². The molecule has 0 bridgehead atoms. The van der Waals surface area contributed by atoms with Gasteiger partial charge in [-0.2, -0.15) is 4.31 Å². The average molecular weight is 486 g/mol. The zero-order valence-corrected chi connectivity index (χ0v) is 21.0. The molecule has 0 atom stereocenters. The summed E-state index contributed by atoms with van der Waals surface area (Å²) in [6.07, 6.45) is 0. The Labute approximate surface area is 208 Å². The van der Waals surface area contributed by atoms with Crippen molar-refractivity contribution < 1.29 is 8.42 Å². The largest absolute Gasteiger partial charge is 0.377 e. The van der Waals surface area contributed by atoms with Gasteiger partial charge in [-0.1, -0.05) is 84.9 Å². The summed E-state index contributed by atoms with van der Waals surface area (Å²) in [6, 6.07) is 32.5. The predicted molar refractivity (Wildman–Crippen MR) is 143 cm³/mol. The van der Waals surface area contributed by atoms with E-state index in [4.69, 9.17) is 0 Å². The third-order valence-corrected chi connectivity index (χ3v) is 8.78. The van der Waals surface area contributed by atoms with Gasteiger partial charge in [0.1, 0.15) is 0 Å².